The molecule has 0 saturated carbocycles. The van der Waals surface area contributed by atoms with Crippen LogP contribution in [0.15, 0.2) is 30.5 Å². The van der Waals surface area contributed by atoms with Crippen molar-refractivity contribution in [2.24, 2.45) is 0 Å². The van der Waals surface area contributed by atoms with Gasteiger partial charge in [-0.2, -0.15) is 0 Å². The summed E-state index contributed by atoms with van der Waals surface area (Å²) >= 11 is 0. The van der Waals surface area contributed by atoms with Gasteiger partial charge >= 0.3 is 0 Å². The summed E-state index contributed by atoms with van der Waals surface area (Å²) in [6.45, 7) is 1.73. The number of rotatable bonds is 4. The standard InChI is InChI=1S/C17H23N2O2.BrH/c1-19(2)10-6-5-9-16(19)17(21-12-20)14-11-18-15-8-4-3-7-13(14)15;/h3-4,7-8,11-12,16-18H,5-6,9-10H2,1-2H3;1H/q+1;/p-1. The maximum atomic E-state index is 11.1. The van der Waals surface area contributed by atoms with Crippen molar-refractivity contribution in [1.29, 1.82) is 0 Å². The zero-order chi connectivity index (χ0) is 14.9. The molecular weight excluding hydrogens is 344 g/mol. The van der Waals surface area contributed by atoms with Gasteiger partial charge in [0.25, 0.3) is 6.47 Å². The van der Waals surface area contributed by atoms with Gasteiger partial charge in [0.1, 0.15) is 6.04 Å². The van der Waals surface area contributed by atoms with Crippen LogP contribution in [0.1, 0.15) is 30.9 Å². The fourth-order valence-electron chi connectivity index (χ4n) is 3.67. The van der Waals surface area contributed by atoms with Crippen molar-refractivity contribution in [3.63, 3.8) is 0 Å². The maximum Gasteiger partial charge on any atom is 0.293 e. The Morgan fingerprint density at radius 2 is 2.09 bits per heavy atom. The van der Waals surface area contributed by atoms with E-state index in [0.717, 1.165) is 33.9 Å². The van der Waals surface area contributed by atoms with Crippen molar-refractivity contribution in [2.75, 3.05) is 20.6 Å². The van der Waals surface area contributed by atoms with Crippen molar-refractivity contribution in [3.05, 3.63) is 36.0 Å². The Labute approximate surface area is 141 Å². The summed E-state index contributed by atoms with van der Waals surface area (Å²) in [6.07, 6.45) is 5.34. The molecule has 2 aromatic rings. The molecule has 1 aromatic heterocycles. The summed E-state index contributed by atoms with van der Waals surface area (Å²) < 4.78 is 6.45. The van der Waals surface area contributed by atoms with Crippen LogP contribution in [0.4, 0.5) is 0 Å². The molecule has 2 unspecified atom stereocenters. The summed E-state index contributed by atoms with van der Waals surface area (Å²) in [5.41, 5.74) is 2.18. The number of ether oxygens (including phenoxy) is 1. The molecule has 2 atom stereocenters. The Bertz CT molecular complexity index is 638. The van der Waals surface area contributed by atoms with E-state index < -0.39 is 0 Å². The highest BCUT2D eigenvalue weighted by molar-refractivity contribution is 5.83. The highest BCUT2D eigenvalue weighted by Crippen LogP contribution is 2.36. The van der Waals surface area contributed by atoms with Gasteiger partial charge < -0.3 is 31.2 Å². The van der Waals surface area contributed by atoms with Gasteiger partial charge in [0.05, 0.1) is 20.6 Å². The van der Waals surface area contributed by atoms with Gasteiger partial charge in [0.2, 0.25) is 0 Å². The van der Waals surface area contributed by atoms with E-state index in [1.54, 1.807) is 0 Å². The van der Waals surface area contributed by atoms with Gasteiger partial charge in [0.15, 0.2) is 6.10 Å². The third-order valence-electron chi connectivity index (χ3n) is 4.86. The number of aromatic amines is 1. The first-order valence-corrected chi connectivity index (χ1v) is 7.61. The smallest absolute Gasteiger partial charge is 0.293 e. The number of hydrogen-bond acceptors (Lipinski definition) is 2. The molecule has 0 amide bonds. The molecule has 1 aliphatic rings. The van der Waals surface area contributed by atoms with Gasteiger partial charge in [-0.1, -0.05) is 18.2 Å². The van der Waals surface area contributed by atoms with E-state index in [2.05, 4.69) is 31.2 Å². The van der Waals surface area contributed by atoms with Crippen LogP contribution in [0.2, 0.25) is 0 Å². The van der Waals surface area contributed by atoms with E-state index in [9.17, 15) is 4.79 Å². The Balaban J connectivity index is 0.00000176. The second kappa shape index (κ2) is 6.84. The highest BCUT2D eigenvalue weighted by Gasteiger charge is 2.40. The summed E-state index contributed by atoms with van der Waals surface area (Å²) in [5, 5.41) is 1.15. The van der Waals surface area contributed by atoms with Crippen molar-refractivity contribution in [1.82, 2.24) is 4.98 Å². The first kappa shape index (κ1) is 17.0. The quantitative estimate of drug-likeness (QED) is 0.612. The van der Waals surface area contributed by atoms with Gasteiger partial charge in [0, 0.05) is 29.1 Å². The lowest BCUT2D eigenvalue weighted by atomic mass is 9.91. The van der Waals surface area contributed by atoms with Crippen molar-refractivity contribution in [3.8, 4) is 0 Å². The summed E-state index contributed by atoms with van der Waals surface area (Å²) in [7, 11) is 4.47. The van der Waals surface area contributed by atoms with Gasteiger partial charge in [-0.25, -0.2) is 0 Å². The van der Waals surface area contributed by atoms with Crippen LogP contribution in [0, 0.1) is 0 Å². The summed E-state index contributed by atoms with van der Waals surface area (Å²) in [5.74, 6) is 0. The molecule has 0 spiro atoms. The topological polar surface area (TPSA) is 42.1 Å². The number of hydrogen-bond donors (Lipinski definition) is 1. The van der Waals surface area contributed by atoms with Gasteiger partial charge in [-0.05, 0) is 18.9 Å². The lowest BCUT2D eigenvalue weighted by molar-refractivity contribution is -0.924. The minimum atomic E-state index is -0.186. The Morgan fingerprint density at radius 1 is 1.32 bits per heavy atom. The molecule has 120 valence electrons. The number of nitrogens with one attached hydrogen (secondary N) is 1. The maximum absolute atomic E-state index is 11.1. The van der Waals surface area contributed by atoms with Crippen LogP contribution >= 0.6 is 0 Å². The second-order valence-corrected chi connectivity index (χ2v) is 6.51. The Hall–Kier alpha value is -1.33. The molecule has 1 aliphatic heterocycles. The lowest BCUT2D eigenvalue weighted by Crippen LogP contribution is -3.00. The molecule has 1 saturated heterocycles. The number of quaternary nitrogens is 1. The van der Waals surface area contributed by atoms with Crippen LogP contribution < -0.4 is 17.0 Å². The number of fused-ring (bicyclic) bond motifs is 1. The fourth-order valence-corrected chi connectivity index (χ4v) is 3.67. The van der Waals surface area contributed by atoms with E-state index >= 15 is 0 Å². The minimum absolute atomic E-state index is 0. The number of aromatic nitrogens is 1. The number of halogens is 1. The van der Waals surface area contributed by atoms with Crippen molar-refractivity contribution < 1.29 is 31.0 Å². The zero-order valence-electron chi connectivity index (χ0n) is 13.1. The largest absolute Gasteiger partial charge is 1.00 e. The number of H-pyrrole nitrogens is 1. The van der Waals surface area contributed by atoms with Crippen LogP contribution in [-0.2, 0) is 9.53 Å². The van der Waals surface area contributed by atoms with Crippen LogP contribution in [0.3, 0.4) is 0 Å². The fraction of sp³-hybridized carbons (Fsp3) is 0.471. The highest BCUT2D eigenvalue weighted by atomic mass is 79.9. The SMILES string of the molecule is C[N+]1(C)CCCCC1C(OC=O)c1c[nH]c2ccccc12.[Br-]. The van der Waals surface area contributed by atoms with E-state index in [4.69, 9.17) is 4.74 Å². The van der Waals surface area contributed by atoms with Crippen LogP contribution in [0.25, 0.3) is 10.9 Å². The third-order valence-corrected chi connectivity index (χ3v) is 4.86. The van der Waals surface area contributed by atoms with Crippen molar-refractivity contribution in [2.45, 2.75) is 31.4 Å². The molecule has 0 bridgehead atoms. The number of carbonyl (C=O) groups excluding carboxylic acids is 1. The molecule has 0 radical (unpaired) electrons. The Morgan fingerprint density at radius 3 is 2.82 bits per heavy atom. The molecule has 2 heterocycles. The number of piperidine rings is 1. The Kier molecular flexibility index (Phi) is 5.29. The van der Waals surface area contributed by atoms with Crippen LogP contribution in [-0.4, -0.2) is 42.6 Å². The van der Waals surface area contributed by atoms with E-state index in [-0.39, 0.29) is 23.1 Å². The molecular formula is C17H23BrN2O2. The predicted octanol–water partition coefficient (Wildman–Crippen LogP) is 0.0149. The van der Waals surface area contributed by atoms with Crippen molar-refractivity contribution >= 4 is 17.4 Å². The van der Waals surface area contributed by atoms with Gasteiger partial charge in [-0.3, -0.25) is 4.79 Å². The lowest BCUT2D eigenvalue weighted by Gasteiger charge is -2.44. The molecule has 3 rings (SSSR count). The average molecular weight is 367 g/mol. The predicted molar refractivity (Wildman–Crippen MR) is 82.8 cm³/mol. The van der Waals surface area contributed by atoms with E-state index in [1.165, 1.54) is 12.8 Å². The third kappa shape index (κ3) is 3.06. The normalized spacial score (nSPS) is 21.8. The molecule has 1 N–H and O–H groups in total. The number of para-hydroxylation sites is 1. The van der Waals surface area contributed by atoms with E-state index in [1.807, 2.05) is 18.3 Å². The molecule has 0 aliphatic carbocycles. The number of likely N-dealkylation sites (tertiary alicyclic amines) is 1. The molecule has 22 heavy (non-hydrogen) atoms. The molecule has 1 aromatic carbocycles. The van der Waals surface area contributed by atoms with Crippen LogP contribution in [0.5, 0.6) is 0 Å². The summed E-state index contributed by atoms with van der Waals surface area (Å²) in [6, 6.07) is 8.49. The monoisotopic (exact) mass is 366 g/mol. The average Bonchev–Trinajstić information content (AvgIpc) is 2.89. The second-order valence-electron chi connectivity index (χ2n) is 6.51. The van der Waals surface area contributed by atoms with Gasteiger partial charge in [-0.15, -0.1) is 0 Å². The number of carbonyl (C=O) groups is 1. The van der Waals surface area contributed by atoms with E-state index in [0.29, 0.717) is 12.5 Å². The zero-order valence-corrected chi connectivity index (χ0v) is 14.7. The number of benzene rings is 1. The number of nitrogens with zero attached hydrogens (tertiary/aromatic N) is 1. The molecule has 4 nitrogen and oxygen atoms in total. The first-order chi connectivity index (χ1) is 10.1. The molecule has 5 heteroatoms. The summed E-state index contributed by atoms with van der Waals surface area (Å²) in [4.78, 5) is 14.4. The number of likely N-dealkylation sites (N-methyl/N-ethyl adjacent to an activating group) is 1. The first-order valence-electron chi connectivity index (χ1n) is 7.61. The minimum Gasteiger partial charge on any atom is -1.00 e. The molecule has 1 fully saturated rings.